The molecule has 0 saturated carbocycles. The number of nitrogens with zero attached hydrogens (tertiary/aromatic N) is 1. The third-order valence-corrected chi connectivity index (χ3v) is 3.54. The molecule has 0 aliphatic carbocycles. The topological polar surface area (TPSA) is 59.1 Å². The van der Waals surface area contributed by atoms with Crippen molar-refractivity contribution in [1.82, 2.24) is 4.98 Å². The van der Waals surface area contributed by atoms with Crippen LogP contribution in [0.2, 0.25) is 5.02 Å². The van der Waals surface area contributed by atoms with Crippen molar-refractivity contribution in [3.05, 3.63) is 28.2 Å². The monoisotopic (exact) mass is 242 g/mol. The highest BCUT2D eigenvalue weighted by atomic mass is 35.5. The lowest BCUT2D eigenvalue weighted by atomic mass is 10.2. The number of thiazole rings is 1. The van der Waals surface area contributed by atoms with Gasteiger partial charge in [0.15, 0.2) is 0 Å². The van der Waals surface area contributed by atoms with Crippen LogP contribution in [-0.4, -0.2) is 16.2 Å². The third-order valence-electron chi connectivity index (χ3n) is 2.17. The van der Waals surface area contributed by atoms with E-state index in [1.807, 2.05) is 12.1 Å². The standard InChI is InChI=1S/C10H11ClN2OS/c1-5(14)9(12)10-13-7-4-6(11)2-3-8(7)15-10/h2-5,9,14H,12H2,1H3. The number of aliphatic hydroxyl groups excluding tert-OH is 1. The van der Waals surface area contributed by atoms with Crippen molar-refractivity contribution in [2.75, 3.05) is 0 Å². The van der Waals surface area contributed by atoms with E-state index in [-0.39, 0.29) is 0 Å². The number of aromatic nitrogens is 1. The summed E-state index contributed by atoms with van der Waals surface area (Å²) in [4.78, 5) is 4.34. The van der Waals surface area contributed by atoms with Gasteiger partial charge in [-0.3, -0.25) is 0 Å². The number of nitrogens with two attached hydrogens (primary N) is 1. The van der Waals surface area contributed by atoms with Crippen molar-refractivity contribution < 1.29 is 5.11 Å². The Morgan fingerprint density at radius 2 is 2.27 bits per heavy atom. The summed E-state index contributed by atoms with van der Waals surface area (Å²) in [7, 11) is 0. The number of rotatable bonds is 2. The van der Waals surface area contributed by atoms with E-state index in [9.17, 15) is 5.11 Å². The van der Waals surface area contributed by atoms with Crippen LogP contribution < -0.4 is 5.73 Å². The first-order valence-electron chi connectivity index (χ1n) is 4.57. The van der Waals surface area contributed by atoms with Crippen molar-refractivity contribution in [3.63, 3.8) is 0 Å². The quantitative estimate of drug-likeness (QED) is 0.850. The van der Waals surface area contributed by atoms with E-state index in [1.165, 1.54) is 11.3 Å². The molecular weight excluding hydrogens is 232 g/mol. The highest BCUT2D eigenvalue weighted by molar-refractivity contribution is 7.18. The minimum Gasteiger partial charge on any atom is -0.391 e. The largest absolute Gasteiger partial charge is 0.391 e. The lowest BCUT2D eigenvalue weighted by Crippen LogP contribution is -2.22. The van der Waals surface area contributed by atoms with E-state index in [2.05, 4.69) is 4.98 Å². The van der Waals surface area contributed by atoms with Gasteiger partial charge in [-0.2, -0.15) is 0 Å². The Morgan fingerprint density at radius 1 is 1.53 bits per heavy atom. The van der Waals surface area contributed by atoms with Crippen LogP contribution in [0.4, 0.5) is 0 Å². The predicted octanol–water partition coefficient (Wildman–Crippen LogP) is 2.33. The molecule has 0 saturated heterocycles. The fourth-order valence-electron chi connectivity index (χ4n) is 1.27. The van der Waals surface area contributed by atoms with Gasteiger partial charge < -0.3 is 10.8 Å². The molecule has 1 aromatic heterocycles. The van der Waals surface area contributed by atoms with Crippen molar-refractivity contribution in [2.24, 2.45) is 5.73 Å². The van der Waals surface area contributed by atoms with Crippen LogP contribution in [0.5, 0.6) is 0 Å². The summed E-state index contributed by atoms with van der Waals surface area (Å²) < 4.78 is 1.03. The molecule has 15 heavy (non-hydrogen) atoms. The zero-order valence-electron chi connectivity index (χ0n) is 8.14. The molecule has 0 aliphatic heterocycles. The fourth-order valence-corrected chi connectivity index (χ4v) is 2.48. The Balaban J connectivity index is 2.47. The molecule has 2 unspecified atom stereocenters. The second-order valence-corrected chi connectivity index (χ2v) is 4.93. The minimum absolute atomic E-state index is 0.429. The van der Waals surface area contributed by atoms with E-state index in [0.717, 1.165) is 15.2 Å². The molecule has 1 aromatic carbocycles. The average Bonchev–Trinajstić information content (AvgIpc) is 2.58. The Hall–Kier alpha value is -0.680. The summed E-state index contributed by atoms with van der Waals surface area (Å²) in [6.07, 6.45) is -0.596. The molecule has 0 aliphatic rings. The molecular formula is C10H11ClN2OS. The maximum Gasteiger partial charge on any atom is 0.113 e. The molecule has 1 heterocycles. The number of benzene rings is 1. The SMILES string of the molecule is CC(O)C(N)c1nc2cc(Cl)ccc2s1. The Kier molecular flexibility index (Phi) is 2.93. The summed E-state index contributed by atoms with van der Waals surface area (Å²) >= 11 is 7.34. The van der Waals surface area contributed by atoms with Gasteiger partial charge in [0.05, 0.1) is 22.4 Å². The summed E-state index contributed by atoms with van der Waals surface area (Å²) in [6.45, 7) is 1.66. The molecule has 80 valence electrons. The van der Waals surface area contributed by atoms with E-state index in [4.69, 9.17) is 17.3 Å². The second kappa shape index (κ2) is 4.06. The zero-order chi connectivity index (χ0) is 11.0. The van der Waals surface area contributed by atoms with Crippen LogP contribution in [0.15, 0.2) is 18.2 Å². The highest BCUT2D eigenvalue weighted by Gasteiger charge is 2.16. The molecule has 5 heteroatoms. The number of fused-ring (bicyclic) bond motifs is 1. The number of hydrogen-bond donors (Lipinski definition) is 2. The van der Waals surface area contributed by atoms with Gasteiger partial charge in [-0.15, -0.1) is 11.3 Å². The lowest BCUT2D eigenvalue weighted by Gasteiger charge is -2.10. The Labute approximate surface area is 96.5 Å². The first kappa shape index (κ1) is 10.8. The molecule has 3 N–H and O–H groups in total. The molecule has 2 atom stereocenters. The summed E-state index contributed by atoms with van der Waals surface area (Å²) in [5, 5.41) is 10.8. The van der Waals surface area contributed by atoms with E-state index >= 15 is 0 Å². The first-order valence-corrected chi connectivity index (χ1v) is 5.77. The Bertz CT molecular complexity index is 483. The second-order valence-electron chi connectivity index (χ2n) is 3.43. The van der Waals surface area contributed by atoms with Crippen molar-refractivity contribution in [1.29, 1.82) is 0 Å². The maximum absolute atomic E-state index is 9.37. The highest BCUT2D eigenvalue weighted by Crippen LogP contribution is 2.28. The van der Waals surface area contributed by atoms with E-state index < -0.39 is 12.1 Å². The minimum atomic E-state index is -0.596. The molecule has 2 rings (SSSR count). The maximum atomic E-state index is 9.37. The molecule has 3 nitrogen and oxygen atoms in total. The molecule has 2 aromatic rings. The van der Waals surface area contributed by atoms with Gasteiger partial charge in [0.1, 0.15) is 5.01 Å². The zero-order valence-corrected chi connectivity index (χ0v) is 9.72. The van der Waals surface area contributed by atoms with Crippen LogP contribution in [-0.2, 0) is 0 Å². The van der Waals surface area contributed by atoms with Crippen molar-refractivity contribution in [2.45, 2.75) is 19.1 Å². The van der Waals surface area contributed by atoms with Gasteiger partial charge in [-0.1, -0.05) is 11.6 Å². The molecule has 0 bridgehead atoms. The summed E-state index contributed by atoms with van der Waals surface area (Å²) in [6, 6.07) is 5.10. The first-order chi connectivity index (χ1) is 7.08. The number of halogens is 1. The predicted molar refractivity (Wildman–Crippen MR) is 63.2 cm³/mol. The molecule has 0 radical (unpaired) electrons. The molecule has 0 spiro atoms. The van der Waals surface area contributed by atoms with E-state index in [1.54, 1.807) is 13.0 Å². The van der Waals surface area contributed by atoms with Gasteiger partial charge >= 0.3 is 0 Å². The number of aliphatic hydroxyl groups is 1. The van der Waals surface area contributed by atoms with Crippen LogP contribution in [0.1, 0.15) is 18.0 Å². The summed E-state index contributed by atoms with van der Waals surface area (Å²) in [5.41, 5.74) is 6.64. The van der Waals surface area contributed by atoms with Gasteiger partial charge in [-0.05, 0) is 25.1 Å². The van der Waals surface area contributed by atoms with Gasteiger partial charge in [0.25, 0.3) is 0 Å². The normalized spacial score (nSPS) is 15.5. The van der Waals surface area contributed by atoms with Gasteiger partial charge in [0.2, 0.25) is 0 Å². The smallest absolute Gasteiger partial charge is 0.113 e. The number of hydrogen-bond acceptors (Lipinski definition) is 4. The molecule has 0 fully saturated rings. The average molecular weight is 243 g/mol. The van der Waals surface area contributed by atoms with Crippen LogP contribution in [0, 0.1) is 0 Å². The molecule has 0 amide bonds. The third kappa shape index (κ3) is 2.13. The van der Waals surface area contributed by atoms with Crippen LogP contribution >= 0.6 is 22.9 Å². The van der Waals surface area contributed by atoms with Gasteiger partial charge in [-0.25, -0.2) is 4.98 Å². The van der Waals surface area contributed by atoms with E-state index in [0.29, 0.717) is 5.02 Å². The van der Waals surface area contributed by atoms with Crippen LogP contribution in [0.3, 0.4) is 0 Å². The lowest BCUT2D eigenvalue weighted by molar-refractivity contribution is 0.164. The fraction of sp³-hybridized carbons (Fsp3) is 0.300. The Morgan fingerprint density at radius 3 is 2.93 bits per heavy atom. The van der Waals surface area contributed by atoms with Crippen LogP contribution in [0.25, 0.3) is 10.2 Å². The van der Waals surface area contributed by atoms with Crippen molar-refractivity contribution >= 4 is 33.2 Å². The van der Waals surface area contributed by atoms with Crippen molar-refractivity contribution in [3.8, 4) is 0 Å². The summed E-state index contributed by atoms with van der Waals surface area (Å²) in [5.74, 6) is 0. The van der Waals surface area contributed by atoms with Gasteiger partial charge in [0, 0.05) is 5.02 Å².